The van der Waals surface area contributed by atoms with E-state index in [0.29, 0.717) is 6.42 Å². The fourth-order valence-corrected chi connectivity index (χ4v) is 1.53. The molecule has 0 saturated carbocycles. The Bertz CT molecular complexity index is 474. The first kappa shape index (κ1) is 8.97. The lowest BCUT2D eigenvalue weighted by Gasteiger charge is -2.09. The van der Waals surface area contributed by atoms with Gasteiger partial charge in [-0.1, -0.05) is 18.2 Å². The number of fused-ring (bicyclic) bond motifs is 1. The van der Waals surface area contributed by atoms with E-state index < -0.39 is 13.9 Å². The molecule has 0 fully saturated rings. The van der Waals surface area contributed by atoms with Crippen molar-refractivity contribution in [2.75, 3.05) is 0 Å². The molecule has 1 aromatic heterocycles. The van der Waals surface area contributed by atoms with E-state index in [1.807, 2.05) is 24.3 Å². The third-order valence-electron chi connectivity index (χ3n) is 2.22. The maximum Gasteiger partial charge on any atom is 0.436 e. The molecule has 0 aliphatic carbocycles. The molecule has 3 N–H and O–H groups in total. The van der Waals surface area contributed by atoms with Crippen molar-refractivity contribution >= 4 is 18.6 Å². The number of benzene rings is 1. The summed E-state index contributed by atoms with van der Waals surface area (Å²) in [6, 6.07) is 7.59. The third-order valence-corrected chi connectivity index (χ3v) is 2.22. The van der Waals surface area contributed by atoms with Crippen LogP contribution in [0.2, 0.25) is 0 Å². The van der Waals surface area contributed by atoms with Gasteiger partial charge in [0.1, 0.15) is 5.58 Å². The number of para-hydroxylation sites is 1. The molecule has 1 atom stereocenters. The Kier molecular flexibility index (Phi) is 2.68. The van der Waals surface area contributed by atoms with Crippen LogP contribution in [0.5, 0.6) is 0 Å². The molecule has 0 aliphatic heterocycles. The Hall–Kier alpha value is -1.30. The molecular weight excluding hydrogens is 193 g/mol. The summed E-state index contributed by atoms with van der Waals surface area (Å²) >= 11 is 0. The van der Waals surface area contributed by atoms with Gasteiger partial charge in [0, 0.05) is 17.4 Å². The number of rotatable bonds is 4. The van der Waals surface area contributed by atoms with E-state index in [0.717, 1.165) is 16.5 Å². The van der Waals surface area contributed by atoms with Crippen molar-refractivity contribution in [2.24, 2.45) is 5.73 Å². The van der Waals surface area contributed by atoms with Crippen molar-refractivity contribution < 1.29 is 14.1 Å². The van der Waals surface area contributed by atoms with Gasteiger partial charge in [0.05, 0.1) is 13.8 Å². The Balaban J connectivity index is 2.15. The lowest BCUT2D eigenvalue weighted by molar-refractivity contribution is 0.190. The number of nitrogens with two attached hydrogens (primary N) is 1. The number of furan rings is 1. The highest BCUT2D eigenvalue weighted by molar-refractivity contribution is 6.15. The van der Waals surface area contributed by atoms with Crippen LogP contribution in [0, 0.1) is 0 Å². The predicted octanol–water partition coefficient (Wildman–Crippen LogP) is 0.535. The Morgan fingerprint density at radius 2 is 2.40 bits per heavy atom. The molecule has 0 unspecified atom stereocenters. The summed E-state index contributed by atoms with van der Waals surface area (Å²) in [5.41, 5.74) is 7.31. The van der Waals surface area contributed by atoms with Crippen LogP contribution in [0.4, 0.5) is 0 Å². The van der Waals surface area contributed by atoms with Crippen LogP contribution in [-0.4, -0.2) is 20.2 Å². The molecule has 2 aromatic rings. The molecule has 4 nitrogen and oxygen atoms in total. The Morgan fingerprint density at radius 3 is 3.20 bits per heavy atom. The smallest absolute Gasteiger partial charge is 0.436 e. The van der Waals surface area contributed by atoms with E-state index in [1.165, 1.54) is 0 Å². The normalized spacial score (nSPS) is 13.9. The van der Waals surface area contributed by atoms with Crippen LogP contribution in [-0.2, 0) is 11.1 Å². The summed E-state index contributed by atoms with van der Waals surface area (Å²) in [4.78, 5) is 0. The molecule has 0 saturated heterocycles. The number of hydrogen-bond acceptors (Lipinski definition) is 4. The molecule has 2 rings (SSSR count). The van der Waals surface area contributed by atoms with Crippen LogP contribution in [0.1, 0.15) is 5.56 Å². The summed E-state index contributed by atoms with van der Waals surface area (Å²) < 4.78 is 16.9. The molecule has 5 heteroatoms. The molecule has 0 aliphatic rings. The minimum absolute atomic E-state index is 0.396. The summed E-state index contributed by atoms with van der Waals surface area (Å²) in [5, 5.41) is 9.68. The van der Waals surface area contributed by atoms with Gasteiger partial charge in [-0.2, -0.15) is 0 Å². The maximum absolute atomic E-state index is 8.71. The second kappa shape index (κ2) is 4.48. The van der Waals surface area contributed by atoms with E-state index in [4.69, 9.17) is 21.2 Å². The van der Waals surface area contributed by atoms with Gasteiger partial charge in [0.15, 0.2) is 0 Å². The fraction of sp³-hybridized carbons (Fsp3) is 0.200. The standard InChI is InChI=1S/C10H12BNO3/c12-10(15-11-13)5-7-6-14-9-4-2-1-3-8(7)9/h1-4,6,10-11,13H,5,12H2/t10-/m1/s1/i11D. The predicted molar refractivity (Wildman–Crippen MR) is 58.3 cm³/mol. The van der Waals surface area contributed by atoms with Gasteiger partial charge in [0.25, 0.3) is 0 Å². The lowest BCUT2D eigenvalue weighted by atomic mass is 10.1. The second-order valence-electron chi connectivity index (χ2n) is 3.24. The molecule has 78 valence electrons. The molecule has 1 aromatic carbocycles. The summed E-state index contributed by atoms with van der Waals surface area (Å²) in [6.07, 6.45) is 1.30. The van der Waals surface area contributed by atoms with Crippen LogP contribution in [0.25, 0.3) is 11.0 Å². The largest absolute Gasteiger partial charge is 0.464 e. The van der Waals surface area contributed by atoms with E-state index in [9.17, 15) is 0 Å². The molecular formula is C10H12BNO3. The van der Waals surface area contributed by atoms with Gasteiger partial charge in [-0.3, -0.25) is 0 Å². The average molecular weight is 206 g/mol. The zero-order valence-electron chi connectivity index (χ0n) is 9.09. The zero-order chi connectivity index (χ0) is 11.5. The molecule has 0 bridgehead atoms. The first-order valence-corrected chi connectivity index (χ1v) is 4.63. The fourth-order valence-electron chi connectivity index (χ4n) is 1.53. The minimum Gasteiger partial charge on any atom is -0.464 e. The molecule has 0 amide bonds. The van der Waals surface area contributed by atoms with Crippen LogP contribution in [0.3, 0.4) is 0 Å². The van der Waals surface area contributed by atoms with E-state index in [1.54, 1.807) is 6.26 Å². The van der Waals surface area contributed by atoms with Gasteiger partial charge in [-0.25, -0.2) is 0 Å². The van der Waals surface area contributed by atoms with E-state index in [2.05, 4.69) is 0 Å². The topological polar surface area (TPSA) is 68.6 Å². The van der Waals surface area contributed by atoms with Crippen LogP contribution < -0.4 is 5.73 Å². The summed E-state index contributed by atoms with van der Waals surface area (Å²) in [6.45, 7) is 0. The molecule has 15 heavy (non-hydrogen) atoms. The highest BCUT2D eigenvalue weighted by Gasteiger charge is 2.09. The van der Waals surface area contributed by atoms with Crippen LogP contribution in [0.15, 0.2) is 34.9 Å². The van der Waals surface area contributed by atoms with Crippen molar-refractivity contribution in [3.05, 3.63) is 36.1 Å². The quantitative estimate of drug-likeness (QED) is 0.565. The van der Waals surface area contributed by atoms with Crippen molar-refractivity contribution in [3.63, 3.8) is 0 Å². The van der Waals surface area contributed by atoms with Crippen molar-refractivity contribution in [3.8, 4) is 0 Å². The summed E-state index contributed by atoms with van der Waals surface area (Å²) in [5.74, 6) is 0. The first-order chi connectivity index (χ1) is 7.66. The maximum atomic E-state index is 8.71. The SMILES string of the molecule is [2H]B(O)O[C@@H](N)Cc1coc2ccccc12. The van der Waals surface area contributed by atoms with Gasteiger partial charge in [0.2, 0.25) is 0 Å². The zero-order valence-corrected chi connectivity index (χ0v) is 8.09. The highest BCUT2D eigenvalue weighted by atomic mass is 16.5. The first-order valence-electron chi connectivity index (χ1n) is 5.21. The number of hydrogen-bond donors (Lipinski definition) is 2. The summed E-state index contributed by atoms with van der Waals surface area (Å²) in [7, 11) is -1.60. The highest BCUT2D eigenvalue weighted by Crippen LogP contribution is 2.21. The van der Waals surface area contributed by atoms with Gasteiger partial charge in [-0.15, -0.1) is 0 Å². The van der Waals surface area contributed by atoms with Crippen molar-refractivity contribution in [2.45, 2.75) is 12.6 Å². The van der Waals surface area contributed by atoms with E-state index >= 15 is 0 Å². The molecule has 1 heterocycles. The molecule has 0 radical (unpaired) electrons. The van der Waals surface area contributed by atoms with Gasteiger partial charge < -0.3 is 19.8 Å². The minimum atomic E-state index is -1.60. The van der Waals surface area contributed by atoms with Crippen LogP contribution >= 0.6 is 0 Å². The second-order valence-corrected chi connectivity index (χ2v) is 3.24. The van der Waals surface area contributed by atoms with Crippen molar-refractivity contribution in [1.82, 2.24) is 0 Å². The average Bonchev–Trinajstić information content (AvgIpc) is 2.61. The third kappa shape index (κ3) is 2.20. The van der Waals surface area contributed by atoms with Crippen molar-refractivity contribution in [1.29, 1.82) is 1.34 Å². The monoisotopic (exact) mass is 206 g/mol. The van der Waals surface area contributed by atoms with Gasteiger partial charge in [-0.05, 0) is 6.07 Å². The Morgan fingerprint density at radius 1 is 1.60 bits per heavy atom. The van der Waals surface area contributed by atoms with E-state index in [-0.39, 0.29) is 0 Å². The van der Waals surface area contributed by atoms with Gasteiger partial charge >= 0.3 is 7.65 Å². The Labute approximate surface area is 89.3 Å². The molecule has 0 spiro atoms. The lowest BCUT2D eigenvalue weighted by Crippen LogP contribution is -2.27.